The summed E-state index contributed by atoms with van der Waals surface area (Å²) in [5, 5.41) is 10.8. The van der Waals surface area contributed by atoms with Gasteiger partial charge in [0.05, 0.1) is 25.7 Å². The molecular formula is C19H23N5O5S. The Morgan fingerprint density at radius 1 is 1.17 bits per heavy atom. The molecular weight excluding hydrogens is 410 g/mol. The highest BCUT2D eigenvalue weighted by atomic mass is 32.2. The van der Waals surface area contributed by atoms with Crippen LogP contribution in [0.25, 0.3) is 17.3 Å². The van der Waals surface area contributed by atoms with Crippen LogP contribution in [-0.2, 0) is 10.0 Å². The Hall–Kier alpha value is -3.05. The van der Waals surface area contributed by atoms with Gasteiger partial charge in [0, 0.05) is 6.54 Å². The maximum absolute atomic E-state index is 13.0. The van der Waals surface area contributed by atoms with Crippen LogP contribution >= 0.6 is 0 Å². The van der Waals surface area contributed by atoms with Crippen LogP contribution < -0.4 is 19.5 Å². The second-order valence-corrected chi connectivity index (χ2v) is 8.75. The first-order chi connectivity index (χ1) is 14.5. The molecule has 0 amide bonds. The van der Waals surface area contributed by atoms with Gasteiger partial charge >= 0.3 is 0 Å². The molecule has 0 unspecified atom stereocenters. The van der Waals surface area contributed by atoms with E-state index in [0.717, 1.165) is 13.0 Å². The number of aromatic nitrogens is 3. The smallest absolute Gasteiger partial charge is 0.243 e. The molecule has 1 aliphatic rings. The molecule has 1 aliphatic heterocycles. The van der Waals surface area contributed by atoms with Crippen LogP contribution in [0.1, 0.15) is 12.8 Å². The number of hydrogen-bond donors (Lipinski definition) is 2. The number of rotatable bonds is 7. The zero-order valence-corrected chi connectivity index (χ0v) is 17.5. The summed E-state index contributed by atoms with van der Waals surface area (Å²) < 4.78 is 46.7. The van der Waals surface area contributed by atoms with Gasteiger partial charge in [-0.2, -0.15) is 0 Å². The van der Waals surface area contributed by atoms with E-state index in [4.69, 9.17) is 13.9 Å². The largest absolute Gasteiger partial charge is 0.494 e. The fourth-order valence-corrected chi connectivity index (χ4v) is 4.84. The number of nitrogens with one attached hydrogen (secondary N) is 2. The SMILES string of the molecule is COc1cccc(OC)c1-n1c(NS(=O)(=O)[C@@H]2CCCNC2)nnc1-c1ccco1. The van der Waals surface area contributed by atoms with Gasteiger partial charge in [0.15, 0.2) is 5.76 Å². The van der Waals surface area contributed by atoms with E-state index in [1.54, 1.807) is 30.3 Å². The lowest BCUT2D eigenvalue weighted by Gasteiger charge is -2.23. The van der Waals surface area contributed by atoms with E-state index in [1.165, 1.54) is 25.0 Å². The molecule has 0 spiro atoms. The molecule has 3 aromatic rings. The summed E-state index contributed by atoms with van der Waals surface area (Å²) in [6, 6.07) is 8.69. The van der Waals surface area contributed by atoms with E-state index < -0.39 is 15.3 Å². The number of furan rings is 1. The van der Waals surface area contributed by atoms with Crippen molar-refractivity contribution in [1.82, 2.24) is 20.1 Å². The minimum absolute atomic E-state index is 0.0229. The van der Waals surface area contributed by atoms with Gasteiger partial charge in [-0.05, 0) is 43.7 Å². The monoisotopic (exact) mass is 433 g/mol. The van der Waals surface area contributed by atoms with E-state index in [0.29, 0.717) is 41.7 Å². The topological polar surface area (TPSA) is 121 Å². The van der Waals surface area contributed by atoms with Crippen molar-refractivity contribution < 1.29 is 22.3 Å². The fourth-order valence-electron chi connectivity index (χ4n) is 3.47. The quantitative estimate of drug-likeness (QED) is 0.581. The summed E-state index contributed by atoms with van der Waals surface area (Å²) in [7, 11) is -0.668. The summed E-state index contributed by atoms with van der Waals surface area (Å²) >= 11 is 0. The lowest BCUT2D eigenvalue weighted by Crippen LogP contribution is -2.41. The summed E-state index contributed by atoms with van der Waals surface area (Å²) in [6.07, 6.45) is 2.86. The van der Waals surface area contributed by atoms with Crippen LogP contribution in [0, 0.1) is 0 Å². The number of hydrogen-bond acceptors (Lipinski definition) is 8. The Morgan fingerprint density at radius 3 is 2.53 bits per heavy atom. The third-order valence-corrected chi connectivity index (χ3v) is 6.70. The molecule has 4 rings (SSSR count). The third kappa shape index (κ3) is 3.73. The highest BCUT2D eigenvalue weighted by Gasteiger charge is 2.31. The molecule has 1 fully saturated rings. The Balaban J connectivity index is 1.86. The molecule has 160 valence electrons. The number of ether oxygens (including phenoxy) is 2. The van der Waals surface area contributed by atoms with Crippen molar-refractivity contribution in [3.05, 3.63) is 36.6 Å². The van der Waals surface area contributed by atoms with Crippen LogP contribution in [0.5, 0.6) is 11.5 Å². The van der Waals surface area contributed by atoms with Crippen LogP contribution in [0.4, 0.5) is 5.95 Å². The van der Waals surface area contributed by atoms with Crippen molar-refractivity contribution in [3.63, 3.8) is 0 Å². The summed E-state index contributed by atoms with van der Waals surface area (Å²) in [4.78, 5) is 0. The standard InChI is InChI=1S/C19H23N5O5S/c1-27-14-7-3-8-15(28-2)17(14)24-18(16-9-5-11-29-16)21-22-19(24)23-30(25,26)13-6-4-10-20-12-13/h3,5,7-9,11,13,20H,4,6,10,12H2,1-2H3,(H,22,23)/t13-/m1/s1. The predicted molar refractivity (Wildman–Crippen MR) is 111 cm³/mol. The highest BCUT2D eigenvalue weighted by Crippen LogP contribution is 2.37. The molecule has 0 aliphatic carbocycles. The van der Waals surface area contributed by atoms with E-state index >= 15 is 0 Å². The average Bonchev–Trinajstić information content (AvgIpc) is 3.43. The van der Waals surface area contributed by atoms with E-state index in [2.05, 4.69) is 20.2 Å². The van der Waals surface area contributed by atoms with Gasteiger partial charge in [-0.3, -0.25) is 9.29 Å². The van der Waals surface area contributed by atoms with Gasteiger partial charge in [0.2, 0.25) is 21.8 Å². The number of para-hydroxylation sites is 1. The van der Waals surface area contributed by atoms with Crippen molar-refractivity contribution >= 4 is 16.0 Å². The highest BCUT2D eigenvalue weighted by molar-refractivity contribution is 7.93. The van der Waals surface area contributed by atoms with E-state index in [1.807, 2.05) is 0 Å². The molecule has 10 nitrogen and oxygen atoms in total. The Labute approximate surface area is 174 Å². The maximum atomic E-state index is 13.0. The zero-order chi connectivity index (χ0) is 21.1. The van der Waals surface area contributed by atoms with Crippen molar-refractivity contribution in [2.45, 2.75) is 18.1 Å². The van der Waals surface area contributed by atoms with Gasteiger partial charge in [0.25, 0.3) is 0 Å². The fraction of sp³-hybridized carbons (Fsp3) is 0.368. The zero-order valence-electron chi connectivity index (χ0n) is 16.7. The average molecular weight is 433 g/mol. The Morgan fingerprint density at radius 2 is 1.93 bits per heavy atom. The van der Waals surface area contributed by atoms with Crippen LogP contribution in [0.2, 0.25) is 0 Å². The van der Waals surface area contributed by atoms with Gasteiger partial charge in [-0.15, -0.1) is 10.2 Å². The molecule has 30 heavy (non-hydrogen) atoms. The van der Waals surface area contributed by atoms with E-state index in [9.17, 15) is 8.42 Å². The normalized spacial score (nSPS) is 16.9. The van der Waals surface area contributed by atoms with Gasteiger partial charge in [-0.25, -0.2) is 8.42 Å². The lowest BCUT2D eigenvalue weighted by atomic mass is 10.2. The molecule has 2 aromatic heterocycles. The van der Waals surface area contributed by atoms with Crippen molar-refractivity contribution in [3.8, 4) is 28.8 Å². The summed E-state index contributed by atoms with van der Waals surface area (Å²) in [5.74, 6) is 1.67. The molecule has 0 radical (unpaired) electrons. The third-order valence-electron chi connectivity index (χ3n) is 4.95. The molecule has 1 atom stereocenters. The number of piperidine rings is 1. The van der Waals surface area contributed by atoms with E-state index in [-0.39, 0.29) is 5.95 Å². The second-order valence-electron chi connectivity index (χ2n) is 6.79. The predicted octanol–water partition coefficient (Wildman–Crippen LogP) is 2.04. The first-order valence-electron chi connectivity index (χ1n) is 9.48. The van der Waals surface area contributed by atoms with Crippen LogP contribution in [-0.4, -0.2) is 55.7 Å². The van der Waals surface area contributed by atoms with Gasteiger partial charge in [-0.1, -0.05) is 6.07 Å². The van der Waals surface area contributed by atoms with Crippen LogP contribution in [0.15, 0.2) is 41.0 Å². The minimum atomic E-state index is -3.71. The molecule has 0 bridgehead atoms. The number of methoxy groups -OCH3 is 2. The molecule has 1 saturated heterocycles. The van der Waals surface area contributed by atoms with Crippen molar-refractivity contribution in [2.75, 3.05) is 32.0 Å². The van der Waals surface area contributed by atoms with Crippen LogP contribution in [0.3, 0.4) is 0 Å². The molecule has 2 N–H and O–H groups in total. The maximum Gasteiger partial charge on any atom is 0.243 e. The first-order valence-corrected chi connectivity index (χ1v) is 11.0. The summed E-state index contributed by atoms with van der Waals surface area (Å²) in [6.45, 7) is 1.19. The number of benzene rings is 1. The Bertz CT molecular complexity index is 1080. The van der Waals surface area contributed by atoms with Gasteiger partial charge < -0.3 is 19.2 Å². The summed E-state index contributed by atoms with van der Waals surface area (Å²) in [5.41, 5.74) is 0.457. The van der Waals surface area contributed by atoms with Crippen molar-refractivity contribution in [2.24, 2.45) is 0 Å². The lowest BCUT2D eigenvalue weighted by molar-refractivity contribution is 0.391. The Kier molecular flexibility index (Phi) is 5.64. The number of anilines is 1. The molecule has 11 heteroatoms. The first kappa shape index (κ1) is 20.2. The second kappa shape index (κ2) is 8.36. The van der Waals surface area contributed by atoms with Crippen molar-refractivity contribution in [1.29, 1.82) is 0 Å². The molecule has 3 heterocycles. The minimum Gasteiger partial charge on any atom is -0.494 e. The number of nitrogens with zero attached hydrogens (tertiary/aromatic N) is 3. The van der Waals surface area contributed by atoms with Gasteiger partial charge in [0.1, 0.15) is 17.2 Å². The molecule has 0 saturated carbocycles. The molecule has 1 aromatic carbocycles. The number of sulfonamides is 1.